The first-order valence-corrected chi connectivity index (χ1v) is 12.9. The van der Waals surface area contributed by atoms with E-state index in [9.17, 15) is 12.8 Å². The van der Waals surface area contributed by atoms with E-state index in [1.54, 1.807) is 18.2 Å². The van der Waals surface area contributed by atoms with Crippen LogP contribution < -0.4 is 20.5 Å². The zero-order chi connectivity index (χ0) is 24.3. The zero-order valence-electron chi connectivity index (χ0n) is 18.3. The second kappa shape index (κ2) is 10.3. The summed E-state index contributed by atoms with van der Waals surface area (Å²) in [5.41, 5.74) is 6.80. The van der Waals surface area contributed by atoms with Crippen LogP contribution in [-0.2, 0) is 14.6 Å². The maximum absolute atomic E-state index is 13.5. The Labute approximate surface area is 201 Å². The third kappa shape index (κ3) is 5.84. The van der Waals surface area contributed by atoms with E-state index in [0.717, 1.165) is 6.26 Å². The lowest BCUT2D eigenvalue weighted by Gasteiger charge is -2.25. The molecule has 4 rings (SSSR count). The third-order valence-corrected chi connectivity index (χ3v) is 6.82. The predicted molar refractivity (Wildman–Crippen MR) is 127 cm³/mol. The van der Waals surface area contributed by atoms with Crippen molar-refractivity contribution in [3.05, 3.63) is 47.5 Å². The molecule has 0 aliphatic carbocycles. The number of sulfone groups is 1. The minimum Gasteiger partial charge on any atom is -0.487 e. The van der Waals surface area contributed by atoms with Crippen LogP contribution in [0.2, 0.25) is 5.02 Å². The molecule has 1 aliphatic heterocycles. The van der Waals surface area contributed by atoms with Crippen LogP contribution in [0, 0.1) is 5.82 Å². The number of nitrogens with one attached hydrogen (secondary N) is 1. The summed E-state index contributed by atoms with van der Waals surface area (Å²) in [6.45, 7) is 0.905. The number of nitrogens with zero attached hydrogens (tertiary/aromatic N) is 2. The molecule has 3 N–H and O–H groups in total. The van der Waals surface area contributed by atoms with Gasteiger partial charge in [-0.05, 0) is 24.3 Å². The van der Waals surface area contributed by atoms with Crippen molar-refractivity contribution in [2.24, 2.45) is 5.73 Å². The Morgan fingerprint density at radius 3 is 2.71 bits per heavy atom. The number of hydrogen-bond acceptors (Lipinski definition) is 9. The van der Waals surface area contributed by atoms with Crippen molar-refractivity contribution in [1.29, 1.82) is 0 Å². The number of aromatic nitrogens is 2. The Kier molecular flexibility index (Phi) is 7.36. The molecule has 34 heavy (non-hydrogen) atoms. The van der Waals surface area contributed by atoms with Gasteiger partial charge in [0.2, 0.25) is 0 Å². The van der Waals surface area contributed by atoms with Crippen LogP contribution in [0.1, 0.15) is 12.8 Å². The van der Waals surface area contributed by atoms with Gasteiger partial charge in [0.05, 0.1) is 23.8 Å². The molecule has 0 saturated carbocycles. The van der Waals surface area contributed by atoms with Gasteiger partial charge in [0.15, 0.2) is 21.3 Å². The summed E-state index contributed by atoms with van der Waals surface area (Å²) in [7, 11) is -3.48. The van der Waals surface area contributed by atoms with Gasteiger partial charge in [-0.25, -0.2) is 22.8 Å². The molecule has 1 saturated heterocycles. The van der Waals surface area contributed by atoms with Crippen molar-refractivity contribution >= 4 is 43.8 Å². The average Bonchev–Trinajstić information content (AvgIpc) is 2.80. The molecule has 1 atom stereocenters. The number of benzene rings is 2. The molecular formula is C22H24ClFN4O5S. The third-order valence-electron chi connectivity index (χ3n) is 5.30. The first-order valence-electron chi connectivity index (χ1n) is 10.5. The van der Waals surface area contributed by atoms with Gasteiger partial charge < -0.3 is 25.3 Å². The van der Waals surface area contributed by atoms with Crippen molar-refractivity contribution in [3.8, 4) is 11.5 Å². The number of fused-ring (bicyclic) bond motifs is 1. The van der Waals surface area contributed by atoms with Gasteiger partial charge in [0.1, 0.15) is 36.0 Å². The fourth-order valence-corrected chi connectivity index (χ4v) is 3.84. The van der Waals surface area contributed by atoms with Crippen molar-refractivity contribution in [3.63, 3.8) is 0 Å². The van der Waals surface area contributed by atoms with Crippen LogP contribution in [0.4, 0.5) is 15.9 Å². The quantitative estimate of drug-likeness (QED) is 0.468. The monoisotopic (exact) mass is 510 g/mol. The highest BCUT2D eigenvalue weighted by molar-refractivity contribution is 7.91. The normalized spacial score (nSPS) is 15.8. The van der Waals surface area contributed by atoms with Gasteiger partial charge in [-0.3, -0.25) is 0 Å². The second-order valence-corrected chi connectivity index (χ2v) is 10.6. The van der Waals surface area contributed by atoms with E-state index in [-0.39, 0.29) is 17.7 Å². The summed E-state index contributed by atoms with van der Waals surface area (Å²) in [4.78, 5) is 8.60. The lowest BCUT2D eigenvalue weighted by atomic mass is 10.1. The van der Waals surface area contributed by atoms with Crippen LogP contribution in [-0.4, -0.2) is 55.9 Å². The summed E-state index contributed by atoms with van der Waals surface area (Å²) >= 11 is 5.90. The highest BCUT2D eigenvalue weighted by atomic mass is 35.5. The molecule has 0 spiro atoms. The standard InChI is InChI=1S/C22H24ClFN4O5S/c1-34(29,30)21(25)11-32-19-10-18-15(9-20(19)33-14-4-6-31-7-5-14)22(27-12-26-18)28-13-2-3-17(24)16(23)8-13/h2-3,8-10,12,14,21H,4-7,11,25H2,1H3,(H,26,27,28). The van der Waals surface area contributed by atoms with Gasteiger partial charge in [-0.2, -0.15) is 0 Å². The summed E-state index contributed by atoms with van der Waals surface area (Å²) in [6.07, 6.45) is 3.71. The molecule has 1 aromatic heterocycles. The summed E-state index contributed by atoms with van der Waals surface area (Å²) in [5.74, 6) is 0.632. The van der Waals surface area contributed by atoms with Gasteiger partial charge in [-0.15, -0.1) is 0 Å². The molecule has 3 aromatic rings. The smallest absolute Gasteiger partial charge is 0.166 e. The van der Waals surface area contributed by atoms with Crippen LogP contribution in [0.15, 0.2) is 36.7 Å². The average molecular weight is 511 g/mol. The van der Waals surface area contributed by atoms with E-state index in [1.165, 1.54) is 18.5 Å². The second-order valence-electron chi connectivity index (χ2n) is 7.90. The summed E-state index contributed by atoms with van der Waals surface area (Å²) in [5, 5.41) is 2.52. The van der Waals surface area contributed by atoms with Crippen molar-refractivity contribution in [1.82, 2.24) is 9.97 Å². The van der Waals surface area contributed by atoms with Crippen LogP contribution in [0.3, 0.4) is 0 Å². The lowest BCUT2D eigenvalue weighted by Crippen LogP contribution is -2.35. The largest absolute Gasteiger partial charge is 0.487 e. The molecule has 182 valence electrons. The summed E-state index contributed by atoms with van der Waals surface area (Å²) in [6, 6.07) is 7.61. The van der Waals surface area contributed by atoms with Crippen molar-refractivity contribution < 1.29 is 27.0 Å². The molecule has 2 aromatic carbocycles. The zero-order valence-corrected chi connectivity index (χ0v) is 19.9. The number of hydrogen-bond donors (Lipinski definition) is 2. The molecule has 0 bridgehead atoms. The molecular weight excluding hydrogens is 487 g/mol. The lowest BCUT2D eigenvalue weighted by molar-refractivity contribution is 0.0243. The van der Waals surface area contributed by atoms with E-state index in [4.69, 9.17) is 31.5 Å². The topological polar surface area (TPSA) is 126 Å². The van der Waals surface area contributed by atoms with Gasteiger partial charge in [0.25, 0.3) is 0 Å². The van der Waals surface area contributed by atoms with Gasteiger partial charge >= 0.3 is 0 Å². The van der Waals surface area contributed by atoms with Crippen molar-refractivity contribution in [2.45, 2.75) is 24.3 Å². The number of rotatable bonds is 8. The molecule has 0 radical (unpaired) electrons. The van der Waals surface area contributed by atoms with Crippen molar-refractivity contribution in [2.75, 3.05) is 31.4 Å². The van der Waals surface area contributed by atoms with Gasteiger partial charge in [0, 0.05) is 36.2 Å². The summed E-state index contributed by atoms with van der Waals surface area (Å²) < 4.78 is 54.3. The highest BCUT2D eigenvalue weighted by Crippen LogP contribution is 2.36. The minimum absolute atomic E-state index is 0.0233. The first-order chi connectivity index (χ1) is 16.2. The van der Waals surface area contributed by atoms with E-state index in [1.807, 2.05) is 0 Å². The fraction of sp³-hybridized carbons (Fsp3) is 0.364. The maximum atomic E-state index is 13.5. The Bertz CT molecular complexity index is 1290. The van der Waals surface area contributed by atoms with Crippen LogP contribution >= 0.6 is 11.6 Å². The fourth-order valence-electron chi connectivity index (χ4n) is 3.35. The molecule has 2 heterocycles. The molecule has 9 nitrogen and oxygen atoms in total. The predicted octanol–water partition coefficient (Wildman–Crippen LogP) is 3.43. The highest BCUT2D eigenvalue weighted by Gasteiger charge is 2.22. The molecule has 12 heteroatoms. The molecule has 0 amide bonds. The Hall–Kier alpha value is -2.73. The Morgan fingerprint density at radius 2 is 2.00 bits per heavy atom. The van der Waals surface area contributed by atoms with E-state index in [0.29, 0.717) is 60.0 Å². The van der Waals surface area contributed by atoms with Crippen LogP contribution in [0.5, 0.6) is 11.5 Å². The Balaban J connectivity index is 1.70. The first kappa shape index (κ1) is 24.4. The SMILES string of the molecule is CS(=O)(=O)C(N)COc1cc2ncnc(Nc3ccc(F)c(Cl)c3)c2cc1OC1CCOCC1. The number of anilines is 2. The molecule has 1 fully saturated rings. The number of ether oxygens (including phenoxy) is 3. The van der Waals surface area contributed by atoms with E-state index < -0.39 is 21.0 Å². The van der Waals surface area contributed by atoms with E-state index in [2.05, 4.69) is 15.3 Å². The minimum atomic E-state index is -3.48. The number of nitrogens with two attached hydrogens (primary N) is 1. The van der Waals surface area contributed by atoms with Gasteiger partial charge in [-0.1, -0.05) is 11.6 Å². The number of halogens is 2. The maximum Gasteiger partial charge on any atom is 0.166 e. The Morgan fingerprint density at radius 1 is 1.24 bits per heavy atom. The van der Waals surface area contributed by atoms with Crippen LogP contribution in [0.25, 0.3) is 10.9 Å². The molecule has 1 unspecified atom stereocenters. The van der Waals surface area contributed by atoms with E-state index >= 15 is 0 Å². The molecule has 1 aliphatic rings.